The molecule has 0 aliphatic heterocycles. The van der Waals surface area contributed by atoms with E-state index in [2.05, 4.69) is 10.1 Å². The van der Waals surface area contributed by atoms with Crippen molar-refractivity contribution in [3.05, 3.63) is 11.7 Å². The molecule has 0 saturated carbocycles. The first-order valence-corrected chi connectivity index (χ1v) is 5.59. The van der Waals surface area contributed by atoms with Crippen LogP contribution in [0.5, 0.6) is 0 Å². The predicted octanol–water partition coefficient (Wildman–Crippen LogP) is 0.218. The number of nitrogens with zero attached hydrogens (tertiary/aromatic N) is 2. The third kappa shape index (κ3) is 3.65. The van der Waals surface area contributed by atoms with Crippen LogP contribution in [0.15, 0.2) is 4.52 Å². The first-order chi connectivity index (χ1) is 6.76. The molecule has 0 bridgehead atoms. The molecule has 2 N–H and O–H groups in total. The molecule has 0 radical (unpaired) electrons. The lowest BCUT2D eigenvalue weighted by Crippen LogP contribution is -2.14. The van der Waals surface area contributed by atoms with Crippen molar-refractivity contribution in [1.82, 2.24) is 10.1 Å². The van der Waals surface area contributed by atoms with Crippen LogP contribution in [0.4, 0.5) is 0 Å². The van der Waals surface area contributed by atoms with Crippen LogP contribution in [-0.4, -0.2) is 38.8 Å². The van der Waals surface area contributed by atoms with Crippen LogP contribution in [0.1, 0.15) is 18.6 Å². The highest BCUT2D eigenvalue weighted by Gasteiger charge is 2.06. The molecule has 6 heteroatoms. The van der Waals surface area contributed by atoms with E-state index in [0.717, 1.165) is 6.42 Å². The lowest BCUT2D eigenvalue weighted by atomic mass is 10.4. The molecular weight excluding hydrogens is 204 g/mol. The van der Waals surface area contributed by atoms with Crippen molar-refractivity contribution in [1.29, 1.82) is 0 Å². The summed E-state index contributed by atoms with van der Waals surface area (Å²) in [6.45, 7) is 1.74. The second-order valence-electron chi connectivity index (χ2n) is 2.81. The highest BCUT2D eigenvalue weighted by atomic mass is 32.2. The predicted molar refractivity (Wildman–Crippen MR) is 52.9 cm³/mol. The Balaban J connectivity index is 2.24. The zero-order valence-electron chi connectivity index (χ0n) is 8.01. The summed E-state index contributed by atoms with van der Waals surface area (Å²) in [6, 6.07) is 0. The van der Waals surface area contributed by atoms with E-state index in [4.69, 9.17) is 14.7 Å². The van der Waals surface area contributed by atoms with Gasteiger partial charge >= 0.3 is 0 Å². The second kappa shape index (κ2) is 6.00. The summed E-state index contributed by atoms with van der Waals surface area (Å²) in [7, 11) is 0. The zero-order valence-corrected chi connectivity index (χ0v) is 8.83. The first-order valence-electron chi connectivity index (χ1n) is 4.44. The summed E-state index contributed by atoms with van der Waals surface area (Å²) in [5, 5.41) is 21.4. The molecule has 0 fully saturated rings. The molecule has 1 aromatic rings. The van der Waals surface area contributed by atoms with Crippen molar-refractivity contribution in [2.45, 2.75) is 25.2 Å². The van der Waals surface area contributed by atoms with E-state index in [1.54, 1.807) is 0 Å². The third-order valence-electron chi connectivity index (χ3n) is 1.56. The van der Waals surface area contributed by atoms with Gasteiger partial charge in [-0.1, -0.05) is 12.1 Å². The molecule has 1 unspecified atom stereocenters. The molecule has 0 amide bonds. The lowest BCUT2D eigenvalue weighted by molar-refractivity contribution is 0.113. The molecule has 1 rings (SSSR count). The number of aliphatic hydroxyl groups is 2. The van der Waals surface area contributed by atoms with Crippen molar-refractivity contribution < 1.29 is 14.7 Å². The molecule has 0 aliphatic rings. The summed E-state index contributed by atoms with van der Waals surface area (Å²) in [5.41, 5.74) is 0. The zero-order chi connectivity index (χ0) is 10.4. The third-order valence-corrected chi connectivity index (χ3v) is 2.65. The summed E-state index contributed by atoms with van der Waals surface area (Å²) in [4.78, 5) is 4.11. The number of aliphatic hydroxyl groups excluding tert-OH is 2. The van der Waals surface area contributed by atoms with Crippen molar-refractivity contribution in [3.63, 3.8) is 0 Å². The SMILES string of the molecule is CCc1nc(CSCC(O)CO)no1. The standard InChI is InChI=1S/C8H14N2O3S/c1-2-8-9-7(10-13-8)5-14-4-6(12)3-11/h6,11-12H,2-5H2,1H3. The summed E-state index contributed by atoms with van der Waals surface area (Å²) in [5.74, 6) is 2.34. The Bertz CT molecular complexity index is 267. The largest absolute Gasteiger partial charge is 0.394 e. The van der Waals surface area contributed by atoms with Gasteiger partial charge in [-0.3, -0.25) is 0 Å². The topological polar surface area (TPSA) is 79.4 Å². The number of aryl methyl sites for hydroxylation is 1. The van der Waals surface area contributed by atoms with Crippen molar-refractivity contribution in [3.8, 4) is 0 Å². The Morgan fingerprint density at radius 3 is 2.93 bits per heavy atom. The average Bonchev–Trinajstić information content (AvgIpc) is 2.65. The van der Waals surface area contributed by atoms with Crippen LogP contribution < -0.4 is 0 Å². The van der Waals surface area contributed by atoms with Crippen LogP contribution in [-0.2, 0) is 12.2 Å². The highest BCUT2D eigenvalue weighted by Crippen LogP contribution is 2.10. The summed E-state index contributed by atoms with van der Waals surface area (Å²) < 4.78 is 4.91. The van der Waals surface area contributed by atoms with E-state index < -0.39 is 6.10 Å². The number of hydrogen-bond donors (Lipinski definition) is 2. The highest BCUT2D eigenvalue weighted by molar-refractivity contribution is 7.98. The molecule has 5 nitrogen and oxygen atoms in total. The van der Waals surface area contributed by atoms with Crippen LogP contribution >= 0.6 is 11.8 Å². The Morgan fingerprint density at radius 2 is 2.36 bits per heavy atom. The Hall–Kier alpha value is -0.590. The molecule has 1 atom stereocenters. The lowest BCUT2D eigenvalue weighted by Gasteiger charge is -2.03. The number of hydrogen-bond acceptors (Lipinski definition) is 6. The van der Waals surface area contributed by atoms with Crippen LogP contribution in [0.25, 0.3) is 0 Å². The van der Waals surface area contributed by atoms with Gasteiger partial charge in [0, 0.05) is 12.2 Å². The molecule has 80 valence electrons. The van der Waals surface area contributed by atoms with E-state index in [9.17, 15) is 0 Å². The molecule has 0 aromatic carbocycles. The first kappa shape index (κ1) is 11.5. The van der Waals surface area contributed by atoms with Gasteiger partial charge in [0.25, 0.3) is 0 Å². The van der Waals surface area contributed by atoms with Gasteiger partial charge in [-0.2, -0.15) is 16.7 Å². The van der Waals surface area contributed by atoms with Crippen LogP contribution in [0.3, 0.4) is 0 Å². The fraction of sp³-hybridized carbons (Fsp3) is 0.750. The van der Waals surface area contributed by atoms with Crippen molar-refractivity contribution >= 4 is 11.8 Å². The fourth-order valence-corrected chi connectivity index (χ4v) is 1.63. The van der Waals surface area contributed by atoms with Gasteiger partial charge < -0.3 is 14.7 Å². The van der Waals surface area contributed by atoms with Gasteiger partial charge in [-0.25, -0.2) is 0 Å². The molecular formula is C8H14N2O3S. The van der Waals surface area contributed by atoms with Crippen molar-refractivity contribution in [2.24, 2.45) is 0 Å². The van der Waals surface area contributed by atoms with E-state index in [0.29, 0.717) is 23.2 Å². The minimum Gasteiger partial charge on any atom is -0.394 e. The average molecular weight is 218 g/mol. The maximum absolute atomic E-state index is 9.05. The van der Waals surface area contributed by atoms with Crippen molar-refractivity contribution in [2.75, 3.05) is 12.4 Å². The fourth-order valence-electron chi connectivity index (χ4n) is 0.831. The molecule has 1 aromatic heterocycles. The summed E-state index contributed by atoms with van der Waals surface area (Å²) >= 11 is 1.47. The normalized spacial score (nSPS) is 13.1. The Morgan fingerprint density at radius 1 is 1.57 bits per heavy atom. The van der Waals surface area contributed by atoms with Crippen LogP contribution in [0.2, 0.25) is 0 Å². The smallest absolute Gasteiger partial charge is 0.226 e. The van der Waals surface area contributed by atoms with Gasteiger partial charge in [0.05, 0.1) is 18.5 Å². The second-order valence-corrected chi connectivity index (χ2v) is 3.84. The summed E-state index contributed by atoms with van der Waals surface area (Å²) in [6.07, 6.45) is 0.0641. The number of aromatic nitrogens is 2. The molecule has 1 heterocycles. The van der Waals surface area contributed by atoms with Gasteiger partial charge in [-0.15, -0.1) is 0 Å². The van der Waals surface area contributed by atoms with E-state index in [1.807, 2.05) is 6.92 Å². The quantitative estimate of drug-likeness (QED) is 0.711. The Labute approximate surface area is 86.5 Å². The van der Waals surface area contributed by atoms with Crippen LogP contribution in [0, 0.1) is 0 Å². The van der Waals surface area contributed by atoms with Gasteiger partial charge in [0.15, 0.2) is 5.82 Å². The minimum atomic E-state index is -0.669. The maximum atomic E-state index is 9.05. The maximum Gasteiger partial charge on any atom is 0.226 e. The Kier molecular flexibility index (Phi) is 4.92. The molecule has 0 saturated heterocycles. The van der Waals surface area contributed by atoms with Gasteiger partial charge in [0.2, 0.25) is 5.89 Å². The number of thioether (sulfide) groups is 1. The molecule has 14 heavy (non-hydrogen) atoms. The minimum absolute atomic E-state index is 0.209. The van der Waals surface area contributed by atoms with E-state index in [-0.39, 0.29) is 6.61 Å². The molecule has 0 aliphatic carbocycles. The molecule has 0 spiro atoms. The van der Waals surface area contributed by atoms with E-state index >= 15 is 0 Å². The van der Waals surface area contributed by atoms with Gasteiger partial charge in [0.1, 0.15) is 0 Å². The monoisotopic (exact) mass is 218 g/mol. The van der Waals surface area contributed by atoms with Gasteiger partial charge in [-0.05, 0) is 0 Å². The van der Waals surface area contributed by atoms with E-state index in [1.165, 1.54) is 11.8 Å². The number of rotatable bonds is 6.